The molecule has 4 N–H and O–H groups in total. The third-order valence-corrected chi connectivity index (χ3v) is 1.91. The Balaban J connectivity index is 2.47. The van der Waals surface area contributed by atoms with Crippen molar-refractivity contribution in [3.63, 3.8) is 0 Å². The molecule has 0 fully saturated rings. The van der Waals surface area contributed by atoms with Crippen LogP contribution in [0.1, 0.15) is 5.56 Å². The number of alkyl halides is 3. The maximum Gasteiger partial charge on any atom is 0.420 e. The summed E-state index contributed by atoms with van der Waals surface area (Å²) in [5.74, 6) is -0.261. The van der Waals surface area contributed by atoms with Gasteiger partial charge in [0.1, 0.15) is 5.56 Å². The van der Waals surface area contributed by atoms with Gasteiger partial charge in [-0.3, -0.25) is 0 Å². The molecule has 0 aromatic carbocycles. The average molecular weight is 231 g/mol. The second kappa shape index (κ2) is 3.56. The number of pyridine rings is 1. The van der Waals surface area contributed by atoms with Crippen molar-refractivity contribution >= 4 is 11.5 Å². The van der Waals surface area contributed by atoms with Gasteiger partial charge in [-0.2, -0.15) is 13.2 Å². The second-order valence-corrected chi connectivity index (χ2v) is 3.08. The van der Waals surface area contributed by atoms with Crippen LogP contribution in [0.2, 0.25) is 0 Å². The molecule has 0 radical (unpaired) electrons. The molecule has 1 aromatic heterocycles. The highest BCUT2D eigenvalue weighted by Crippen LogP contribution is 2.36. The fourth-order valence-corrected chi connectivity index (χ4v) is 1.25. The van der Waals surface area contributed by atoms with Crippen molar-refractivity contribution in [2.45, 2.75) is 6.18 Å². The molecule has 2 heterocycles. The van der Waals surface area contributed by atoms with Crippen LogP contribution in [0.4, 0.5) is 24.7 Å². The van der Waals surface area contributed by atoms with E-state index in [9.17, 15) is 13.2 Å². The number of hydrogen-bond donors (Lipinski definition) is 3. The van der Waals surface area contributed by atoms with Gasteiger partial charge < -0.3 is 11.2 Å². The fraction of sp³-hybridized carbons (Fsp3) is 0.125. The number of nitrogens with two attached hydrogens (primary N) is 1. The maximum absolute atomic E-state index is 12.7. The summed E-state index contributed by atoms with van der Waals surface area (Å²) in [6.45, 7) is 0. The smallest absolute Gasteiger partial charge is 0.397 e. The topological polar surface area (TPSA) is 66.2 Å². The standard InChI is InChI=1S/C8H8F3N5/c9-8(10,11)6-3-5(12)4-13-7(6)16-2-1-14-15-16/h1-4,14-15H,12H2. The Kier molecular flexibility index (Phi) is 2.35. The van der Waals surface area contributed by atoms with Gasteiger partial charge in [0.2, 0.25) is 0 Å². The van der Waals surface area contributed by atoms with Crippen molar-refractivity contribution in [1.82, 2.24) is 15.9 Å². The maximum atomic E-state index is 12.7. The number of rotatable bonds is 1. The summed E-state index contributed by atoms with van der Waals surface area (Å²) in [5, 5.41) is 1.11. The van der Waals surface area contributed by atoms with Crippen LogP contribution in [-0.2, 0) is 6.18 Å². The van der Waals surface area contributed by atoms with Crippen LogP contribution in [-0.4, -0.2) is 4.98 Å². The van der Waals surface area contributed by atoms with Crippen molar-refractivity contribution in [2.24, 2.45) is 0 Å². The fourth-order valence-electron chi connectivity index (χ4n) is 1.25. The van der Waals surface area contributed by atoms with Gasteiger partial charge in [0, 0.05) is 12.4 Å². The van der Waals surface area contributed by atoms with Crippen LogP contribution in [0.5, 0.6) is 0 Å². The molecule has 5 nitrogen and oxygen atoms in total. The number of hydrazine groups is 2. The van der Waals surface area contributed by atoms with E-state index in [0.717, 1.165) is 11.1 Å². The molecular formula is C8H8F3N5. The first-order chi connectivity index (χ1) is 7.48. The first kappa shape index (κ1) is 10.6. The predicted octanol–water partition coefficient (Wildman–Crippen LogP) is 0.983. The summed E-state index contributed by atoms with van der Waals surface area (Å²) < 4.78 is 38.1. The van der Waals surface area contributed by atoms with Crippen LogP contribution in [0.15, 0.2) is 24.7 Å². The van der Waals surface area contributed by atoms with Crippen LogP contribution < -0.4 is 21.7 Å². The Labute approximate surface area is 88.7 Å². The molecule has 1 aromatic rings. The second-order valence-electron chi connectivity index (χ2n) is 3.08. The van der Waals surface area contributed by atoms with E-state index in [1.54, 1.807) is 0 Å². The summed E-state index contributed by atoms with van der Waals surface area (Å²) in [6, 6.07) is 0.843. The molecule has 0 spiro atoms. The Bertz CT molecular complexity index is 428. The normalized spacial score (nSPS) is 15.3. The summed E-state index contributed by atoms with van der Waals surface area (Å²) in [4.78, 5) is 3.65. The quantitative estimate of drug-likeness (QED) is 0.672. The number of anilines is 2. The van der Waals surface area contributed by atoms with Crippen molar-refractivity contribution < 1.29 is 13.2 Å². The SMILES string of the molecule is Nc1cnc(N2C=CNN2)c(C(F)(F)F)c1. The molecule has 16 heavy (non-hydrogen) atoms. The van der Waals surface area contributed by atoms with Crippen molar-refractivity contribution in [1.29, 1.82) is 0 Å². The van der Waals surface area contributed by atoms with Crippen molar-refractivity contribution in [3.8, 4) is 0 Å². The highest BCUT2D eigenvalue weighted by molar-refractivity contribution is 5.55. The summed E-state index contributed by atoms with van der Waals surface area (Å²) in [5.41, 5.74) is 9.35. The summed E-state index contributed by atoms with van der Waals surface area (Å²) >= 11 is 0. The average Bonchev–Trinajstić information content (AvgIpc) is 2.69. The molecule has 0 saturated carbocycles. The minimum atomic E-state index is -4.50. The third-order valence-electron chi connectivity index (χ3n) is 1.91. The van der Waals surface area contributed by atoms with E-state index >= 15 is 0 Å². The van der Waals surface area contributed by atoms with E-state index in [0.29, 0.717) is 0 Å². The molecule has 8 heteroatoms. The number of nitrogen functional groups attached to an aromatic ring is 1. The highest BCUT2D eigenvalue weighted by Gasteiger charge is 2.36. The van der Waals surface area contributed by atoms with Crippen LogP contribution >= 0.6 is 0 Å². The molecule has 0 amide bonds. The Hall–Kier alpha value is -1.96. The molecule has 86 valence electrons. The van der Waals surface area contributed by atoms with Crippen LogP contribution in [0.25, 0.3) is 0 Å². The molecule has 0 saturated heterocycles. The number of nitrogens with one attached hydrogen (secondary N) is 2. The molecule has 0 atom stereocenters. The van der Waals surface area contributed by atoms with Gasteiger partial charge >= 0.3 is 6.18 Å². The minimum Gasteiger partial charge on any atom is -0.397 e. The molecule has 0 bridgehead atoms. The van der Waals surface area contributed by atoms with E-state index in [2.05, 4.69) is 15.9 Å². The lowest BCUT2D eigenvalue weighted by Gasteiger charge is -2.19. The van der Waals surface area contributed by atoms with Gasteiger partial charge in [0.25, 0.3) is 0 Å². The number of aromatic nitrogens is 1. The van der Waals surface area contributed by atoms with Crippen LogP contribution in [0.3, 0.4) is 0 Å². The zero-order valence-electron chi connectivity index (χ0n) is 7.92. The zero-order chi connectivity index (χ0) is 11.8. The Morgan fingerprint density at radius 2 is 2.12 bits per heavy atom. The Morgan fingerprint density at radius 3 is 2.69 bits per heavy atom. The largest absolute Gasteiger partial charge is 0.420 e. The third kappa shape index (κ3) is 1.87. The van der Waals surface area contributed by atoms with E-state index in [4.69, 9.17) is 5.73 Å². The molecule has 0 aliphatic carbocycles. The van der Waals surface area contributed by atoms with E-state index in [1.165, 1.54) is 18.6 Å². The van der Waals surface area contributed by atoms with Gasteiger partial charge in [-0.15, -0.1) is 5.53 Å². The number of nitrogens with zero attached hydrogens (tertiary/aromatic N) is 2. The lowest BCUT2D eigenvalue weighted by atomic mass is 10.2. The van der Waals surface area contributed by atoms with E-state index in [1.807, 2.05) is 0 Å². The van der Waals surface area contributed by atoms with E-state index in [-0.39, 0.29) is 11.5 Å². The Morgan fingerprint density at radius 1 is 1.38 bits per heavy atom. The molecule has 1 aliphatic heterocycles. The van der Waals surface area contributed by atoms with Gasteiger partial charge in [0.15, 0.2) is 5.82 Å². The minimum absolute atomic E-state index is 0.0350. The monoisotopic (exact) mass is 231 g/mol. The number of hydrogen-bond acceptors (Lipinski definition) is 5. The highest BCUT2D eigenvalue weighted by atomic mass is 19.4. The van der Waals surface area contributed by atoms with Gasteiger partial charge in [-0.05, 0) is 6.07 Å². The lowest BCUT2D eigenvalue weighted by molar-refractivity contribution is -0.137. The van der Waals surface area contributed by atoms with Gasteiger partial charge in [-0.1, -0.05) is 0 Å². The lowest BCUT2D eigenvalue weighted by Crippen LogP contribution is -2.37. The van der Waals surface area contributed by atoms with Gasteiger partial charge in [-0.25, -0.2) is 9.99 Å². The predicted molar refractivity (Wildman–Crippen MR) is 51.5 cm³/mol. The first-order valence-electron chi connectivity index (χ1n) is 4.28. The first-order valence-corrected chi connectivity index (χ1v) is 4.28. The molecular weight excluding hydrogens is 223 g/mol. The van der Waals surface area contributed by atoms with Crippen LogP contribution in [0, 0.1) is 0 Å². The van der Waals surface area contributed by atoms with Crippen molar-refractivity contribution in [3.05, 3.63) is 30.2 Å². The molecule has 0 unspecified atom stereocenters. The summed E-state index contributed by atoms with van der Waals surface area (Å²) in [6.07, 6.45) is -0.514. The molecule has 2 rings (SSSR count). The molecule has 1 aliphatic rings. The van der Waals surface area contributed by atoms with Crippen molar-refractivity contribution in [2.75, 3.05) is 10.7 Å². The van der Waals surface area contributed by atoms with E-state index < -0.39 is 11.7 Å². The zero-order valence-corrected chi connectivity index (χ0v) is 7.92. The summed E-state index contributed by atoms with van der Waals surface area (Å²) in [7, 11) is 0. The van der Waals surface area contributed by atoms with Gasteiger partial charge in [0.05, 0.1) is 11.9 Å². The number of halogens is 3.